The van der Waals surface area contributed by atoms with Crippen molar-refractivity contribution in [3.63, 3.8) is 0 Å². The molecule has 0 bridgehead atoms. The number of anilines is 1. The number of thiophene rings is 1. The van der Waals surface area contributed by atoms with Crippen molar-refractivity contribution >= 4 is 28.2 Å². The Bertz CT molecular complexity index is 839. The first-order chi connectivity index (χ1) is 12.9. The van der Waals surface area contributed by atoms with Crippen LogP contribution < -0.4 is 10.1 Å². The van der Waals surface area contributed by atoms with Crippen LogP contribution in [0.1, 0.15) is 58.3 Å². The molecule has 0 spiro atoms. The van der Waals surface area contributed by atoms with Crippen LogP contribution in [0.2, 0.25) is 0 Å². The quantitative estimate of drug-likeness (QED) is 0.756. The fourth-order valence-corrected chi connectivity index (χ4v) is 4.64. The van der Waals surface area contributed by atoms with Crippen molar-refractivity contribution in [2.75, 3.05) is 12.4 Å². The number of carbonyl (C=O) groups is 2. The number of carbonyl (C=O) groups excluding carboxylic acids is 2. The molecule has 144 valence electrons. The van der Waals surface area contributed by atoms with E-state index < -0.39 is 0 Å². The smallest absolute Gasteiger partial charge is 0.341 e. The molecule has 1 N–H and O–H groups in total. The number of rotatable bonds is 5. The summed E-state index contributed by atoms with van der Waals surface area (Å²) in [5.41, 5.74) is 2.07. The molecule has 0 saturated heterocycles. The number of fused-ring (bicyclic) bond motifs is 1. The lowest BCUT2D eigenvalue weighted by Gasteiger charge is -2.18. The molecule has 2 aromatic rings. The molecule has 27 heavy (non-hydrogen) atoms. The average molecular weight is 388 g/mol. The van der Waals surface area contributed by atoms with E-state index in [0.29, 0.717) is 27.8 Å². The molecule has 0 unspecified atom stereocenters. The Balaban J connectivity index is 1.91. The van der Waals surface area contributed by atoms with Crippen molar-refractivity contribution in [2.24, 2.45) is 5.92 Å². The minimum Gasteiger partial charge on any atom is -0.497 e. The van der Waals surface area contributed by atoms with Crippen LogP contribution in [0.3, 0.4) is 0 Å². The first kappa shape index (κ1) is 19.4. The van der Waals surface area contributed by atoms with Crippen molar-refractivity contribution in [3.05, 3.63) is 45.8 Å². The van der Waals surface area contributed by atoms with Crippen molar-refractivity contribution in [1.29, 1.82) is 0 Å². The summed E-state index contributed by atoms with van der Waals surface area (Å²) in [5, 5.41) is 3.51. The molecule has 1 aromatic carbocycles. The standard InChI is InChI=1S/C21H25NO4S/c1-12(2)26-21(24)18-16-10-5-13(3)11-17(16)27-20(18)22-19(23)14-6-8-15(25-4)9-7-14/h6-9,12-13H,5,10-11H2,1-4H3,(H,22,23)/t13-/m1/s1. The molecule has 0 aliphatic heterocycles. The summed E-state index contributed by atoms with van der Waals surface area (Å²) in [6.45, 7) is 5.87. The van der Waals surface area contributed by atoms with Gasteiger partial charge in [-0.25, -0.2) is 4.79 Å². The highest BCUT2D eigenvalue weighted by atomic mass is 32.1. The van der Waals surface area contributed by atoms with Crippen LogP contribution in [0.15, 0.2) is 24.3 Å². The van der Waals surface area contributed by atoms with Crippen molar-refractivity contribution in [2.45, 2.75) is 46.1 Å². The maximum absolute atomic E-state index is 12.7. The van der Waals surface area contributed by atoms with E-state index in [1.807, 2.05) is 13.8 Å². The van der Waals surface area contributed by atoms with E-state index in [4.69, 9.17) is 9.47 Å². The fraction of sp³-hybridized carbons (Fsp3) is 0.429. The van der Waals surface area contributed by atoms with Crippen LogP contribution in [0.25, 0.3) is 0 Å². The lowest BCUT2D eigenvalue weighted by Crippen LogP contribution is -2.18. The summed E-state index contributed by atoms with van der Waals surface area (Å²) < 4.78 is 10.6. The van der Waals surface area contributed by atoms with Crippen LogP contribution in [-0.4, -0.2) is 25.1 Å². The number of amides is 1. The normalized spacial score (nSPS) is 16.0. The van der Waals surface area contributed by atoms with Gasteiger partial charge in [0.1, 0.15) is 10.8 Å². The lowest BCUT2D eigenvalue weighted by molar-refractivity contribution is 0.0378. The van der Waals surface area contributed by atoms with Gasteiger partial charge in [0, 0.05) is 10.4 Å². The van der Waals surface area contributed by atoms with E-state index in [9.17, 15) is 9.59 Å². The number of esters is 1. The second-order valence-corrected chi connectivity index (χ2v) is 8.30. The highest BCUT2D eigenvalue weighted by molar-refractivity contribution is 7.17. The van der Waals surface area contributed by atoms with Crippen molar-refractivity contribution in [3.8, 4) is 5.75 Å². The average Bonchev–Trinajstić information content (AvgIpc) is 2.98. The van der Waals surface area contributed by atoms with Gasteiger partial charge in [-0.15, -0.1) is 11.3 Å². The summed E-state index contributed by atoms with van der Waals surface area (Å²) in [5.74, 6) is 0.661. The highest BCUT2D eigenvalue weighted by Gasteiger charge is 2.29. The first-order valence-corrected chi connectivity index (χ1v) is 10.0. The van der Waals surface area contributed by atoms with Gasteiger partial charge in [0.25, 0.3) is 5.91 Å². The van der Waals surface area contributed by atoms with Gasteiger partial charge in [-0.3, -0.25) is 4.79 Å². The van der Waals surface area contributed by atoms with E-state index in [1.54, 1.807) is 31.4 Å². The maximum atomic E-state index is 12.7. The van der Waals surface area contributed by atoms with Gasteiger partial charge in [0.2, 0.25) is 0 Å². The molecule has 5 nitrogen and oxygen atoms in total. The Morgan fingerprint density at radius 2 is 1.93 bits per heavy atom. The molecule has 0 fully saturated rings. The van der Waals surface area contributed by atoms with Crippen LogP contribution in [0, 0.1) is 5.92 Å². The molecular weight excluding hydrogens is 362 g/mol. The third-order valence-electron chi connectivity index (χ3n) is 4.64. The predicted molar refractivity (Wildman–Crippen MR) is 107 cm³/mol. The first-order valence-electron chi connectivity index (χ1n) is 9.20. The van der Waals surface area contributed by atoms with Crippen LogP contribution in [0.4, 0.5) is 5.00 Å². The van der Waals surface area contributed by atoms with Crippen LogP contribution in [0.5, 0.6) is 5.75 Å². The molecule has 0 radical (unpaired) electrons. The largest absolute Gasteiger partial charge is 0.497 e. The molecule has 6 heteroatoms. The fourth-order valence-electron chi connectivity index (χ4n) is 3.25. The summed E-state index contributed by atoms with van der Waals surface area (Å²) >= 11 is 1.49. The molecular formula is C21H25NO4S. The summed E-state index contributed by atoms with van der Waals surface area (Å²) in [6.07, 6.45) is 2.60. The Kier molecular flexibility index (Phi) is 5.85. The van der Waals surface area contributed by atoms with Gasteiger partial charge in [-0.2, -0.15) is 0 Å². The topological polar surface area (TPSA) is 64.6 Å². The Morgan fingerprint density at radius 1 is 1.22 bits per heavy atom. The van der Waals surface area contributed by atoms with Gasteiger partial charge in [0.05, 0.1) is 18.8 Å². The van der Waals surface area contributed by atoms with E-state index >= 15 is 0 Å². The van der Waals surface area contributed by atoms with Gasteiger partial charge in [-0.1, -0.05) is 6.92 Å². The summed E-state index contributed by atoms with van der Waals surface area (Å²) in [7, 11) is 1.58. The van der Waals surface area contributed by atoms with E-state index in [-0.39, 0.29) is 18.0 Å². The SMILES string of the molecule is COc1ccc(C(=O)Nc2sc3c(c2C(=O)OC(C)C)CC[C@@H](C)C3)cc1. The predicted octanol–water partition coefficient (Wildman–Crippen LogP) is 4.70. The van der Waals surface area contributed by atoms with Crippen LogP contribution >= 0.6 is 11.3 Å². The Morgan fingerprint density at radius 3 is 2.56 bits per heavy atom. The second kappa shape index (κ2) is 8.13. The van der Waals surface area contributed by atoms with E-state index in [2.05, 4.69) is 12.2 Å². The molecule has 0 saturated carbocycles. The third kappa shape index (κ3) is 4.33. The number of nitrogens with one attached hydrogen (secondary N) is 1. The van der Waals surface area contributed by atoms with Gasteiger partial charge < -0.3 is 14.8 Å². The number of hydrogen-bond donors (Lipinski definition) is 1. The van der Waals surface area contributed by atoms with E-state index in [0.717, 1.165) is 24.8 Å². The lowest BCUT2D eigenvalue weighted by atomic mass is 9.88. The zero-order valence-electron chi connectivity index (χ0n) is 16.1. The van der Waals surface area contributed by atoms with Crippen molar-refractivity contribution in [1.82, 2.24) is 0 Å². The molecule has 3 rings (SSSR count). The molecule has 1 atom stereocenters. The van der Waals surface area contributed by atoms with E-state index in [1.165, 1.54) is 16.2 Å². The summed E-state index contributed by atoms with van der Waals surface area (Å²) in [4.78, 5) is 26.6. The Hall–Kier alpha value is -2.34. The monoisotopic (exact) mass is 387 g/mol. The molecule has 1 aliphatic carbocycles. The van der Waals surface area contributed by atoms with Gasteiger partial charge in [-0.05, 0) is 68.9 Å². The zero-order valence-corrected chi connectivity index (χ0v) is 16.9. The summed E-state index contributed by atoms with van der Waals surface area (Å²) in [6, 6.07) is 6.89. The minimum absolute atomic E-state index is 0.208. The number of ether oxygens (including phenoxy) is 2. The minimum atomic E-state index is -0.359. The third-order valence-corrected chi connectivity index (χ3v) is 5.81. The maximum Gasteiger partial charge on any atom is 0.341 e. The number of benzene rings is 1. The highest BCUT2D eigenvalue weighted by Crippen LogP contribution is 2.40. The second-order valence-electron chi connectivity index (χ2n) is 7.19. The molecule has 1 amide bonds. The molecule has 1 heterocycles. The van der Waals surface area contributed by atoms with Crippen molar-refractivity contribution < 1.29 is 19.1 Å². The van der Waals surface area contributed by atoms with Gasteiger partial charge in [0.15, 0.2) is 0 Å². The van der Waals surface area contributed by atoms with Gasteiger partial charge >= 0.3 is 5.97 Å². The number of methoxy groups -OCH3 is 1. The molecule has 1 aliphatic rings. The van der Waals surface area contributed by atoms with Crippen LogP contribution in [-0.2, 0) is 17.6 Å². The molecule has 1 aromatic heterocycles. The Labute approximate surface area is 163 Å². The zero-order chi connectivity index (χ0) is 19.6. The number of hydrogen-bond acceptors (Lipinski definition) is 5.